The molecule has 152 valence electrons. The molecule has 0 aliphatic heterocycles. The smallest absolute Gasteiger partial charge is 0.376 e. The van der Waals surface area contributed by atoms with Crippen LogP contribution in [0.15, 0.2) is 0 Å². The van der Waals surface area contributed by atoms with E-state index in [4.69, 9.17) is 26.6 Å². The first-order chi connectivity index (χ1) is 11.9. The molecule has 0 aliphatic rings. The van der Waals surface area contributed by atoms with E-state index < -0.39 is 17.6 Å². The molecule has 2 atom stereocenters. The molecule has 6 nitrogen and oxygen atoms in total. The van der Waals surface area contributed by atoms with E-state index in [1.54, 1.807) is 79.5 Å². The Bertz CT molecular complexity index is 309. The zero-order valence-electron chi connectivity index (χ0n) is 16.1. The van der Waals surface area contributed by atoms with Crippen molar-refractivity contribution in [3.05, 3.63) is 0 Å². The van der Waals surface area contributed by atoms with Gasteiger partial charge in [-0.2, -0.15) is 0 Å². The summed E-state index contributed by atoms with van der Waals surface area (Å²) >= 11 is 0. The highest BCUT2D eigenvalue weighted by Crippen LogP contribution is 2.52. The minimum absolute atomic E-state index is 0.137. The molecular weight excluding hydrogens is 457 g/mol. The molecule has 0 saturated heterocycles. The molecule has 0 aliphatic carbocycles. The Morgan fingerprint density at radius 2 is 0.960 bits per heavy atom. The molecule has 13 heteroatoms. The lowest BCUT2D eigenvalue weighted by atomic mass is 10.9. The molecule has 0 heterocycles. The summed E-state index contributed by atoms with van der Waals surface area (Å²) in [7, 11) is 9.84. The van der Waals surface area contributed by atoms with E-state index in [-0.39, 0.29) is 9.75 Å². The van der Waals surface area contributed by atoms with Gasteiger partial charge < -0.3 is 26.6 Å². The highest BCUT2D eigenvalue weighted by atomic mass is 33.8. The third-order valence-electron chi connectivity index (χ3n) is 3.25. The molecule has 25 heavy (non-hydrogen) atoms. The molecule has 2 unspecified atom stereocenters. The van der Waals surface area contributed by atoms with Crippen LogP contribution in [0.1, 0.15) is 27.7 Å². The van der Waals surface area contributed by atoms with Crippen molar-refractivity contribution in [3.8, 4) is 0 Å². The molecular formula is C12H30O6S5Si2. The second kappa shape index (κ2) is 14.9. The van der Waals surface area contributed by atoms with Crippen molar-refractivity contribution in [2.45, 2.75) is 37.4 Å². The Kier molecular flexibility index (Phi) is 16.0. The van der Waals surface area contributed by atoms with Gasteiger partial charge in [0.15, 0.2) is 0 Å². The quantitative estimate of drug-likeness (QED) is 0.173. The summed E-state index contributed by atoms with van der Waals surface area (Å²) in [5.41, 5.74) is 0. The van der Waals surface area contributed by atoms with Crippen LogP contribution in [0.4, 0.5) is 0 Å². The Morgan fingerprint density at radius 3 is 1.20 bits per heavy atom. The molecule has 0 aromatic carbocycles. The minimum Gasteiger partial charge on any atom is -0.376 e. The van der Waals surface area contributed by atoms with Gasteiger partial charge in [-0.1, -0.05) is 21.6 Å². The van der Waals surface area contributed by atoms with Crippen molar-refractivity contribution in [1.82, 2.24) is 0 Å². The first-order valence-corrected chi connectivity index (χ1v) is 17.6. The van der Waals surface area contributed by atoms with Crippen molar-refractivity contribution in [2.24, 2.45) is 0 Å². The highest BCUT2D eigenvalue weighted by Gasteiger charge is 2.47. The summed E-state index contributed by atoms with van der Waals surface area (Å²) in [4.78, 5) is 0.274. The molecule has 0 aromatic heterocycles. The summed E-state index contributed by atoms with van der Waals surface area (Å²) in [6, 6.07) is 0. The van der Waals surface area contributed by atoms with Crippen LogP contribution >= 0.6 is 51.1 Å². The van der Waals surface area contributed by atoms with Gasteiger partial charge in [0.1, 0.15) is 0 Å². The van der Waals surface area contributed by atoms with E-state index in [0.717, 1.165) is 0 Å². The molecule has 0 N–H and O–H groups in total. The van der Waals surface area contributed by atoms with Gasteiger partial charge in [-0.3, -0.25) is 0 Å². The standard InChI is InChI=1S/C12H30O6S5Si2/c1-9-17-24(13-5,14-6)11(3)19-21-23-22-20-12(4)25(15-7,16-8)18-10-2/h11-12H,9-10H2,1-8H3. The van der Waals surface area contributed by atoms with Gasteiger partial charge in [-0.05, 0) is 57.2 Å². The fourth-order valence-electron chi connectivity index (χ4n) is 1.98. The van der Waals surface area contributed by atoms with Crippen LogP contribution in [-0.2, 0) is 26.6 Å². The Morgan fingerprint density at radius 1 is 0.640 bits per heavy atom. The average Bonchev–Trinajstić information content (AvgIpc) is 2.63. The Balaban J connectivity index is 4.31. The van der Waals surface area contributed by atoms with E-state index in [1.165, 1.54) is 0 Å². The zero-order chi connectivity index (χ0) is 19.3. The van der Waals surface area contributed by atoms with Crippen molar-refractivity contribution in [2.75, 3.05) is 41.7 Å². The fraction of sp³-hybridized carbons (Fsp3) is 1.00. The molecule has 0 bridgehead atoms. The predicted molar refractivity (Wildman–Crippen MR) is 120 cm³/mol. The van der Waals surface area contributed by atoms with E-state index in [9.17, 15) is 0 Å². The second-order valence-electron chi connectivity index (χ2n) is 4.57. The van der Waals surface area contributed by atoms with Crippen LogP contribution in [0, 0.1) is 0 Å². The number of rotatable bonds is 16. The summed E-state index contributed by atoms with van der Waals surface area (Å²) in [6.07, 6.45) is 0. The molecule has 0 fully saturated rings. The van der Waals surface area contributed by atoms with Crippen LogP contribution in [-0.4, -0.2) is 69.0 Å². The van der Waals surface area contributed by atoms with Gasteiger partial charge in [0.2, 0.25) is 0 Å². The topological polar surface area (TPSA) is 55.4 Å². The SMILES string of the molecule is CCO[Si](OC)(OC)C(C)SSSSSC(C)[Si](OC)(OC)OCC. The number of hydrogen-bond donors (Lipinski definition) is 0. The van der Waals surface area contributed by atoms with E-state index >= 15 is 0 Å². The summed E-state index contributed by atoms with van der Waals surface area (Å²) < 4.78 is 33.9. The van der Waals surface area contributed by atoms with Gasteiger partial charge in [-0.25, -0.2) is 0 Å². The van der Waals surface area contributed by atoms with Gasteiger partial charge in [0.05, 0.1) is 9.75 Å². The summed E-state index contributed by atoms with van der Waals surface area (Å²) in [6.45, 7) is 9.22. The Labute approximate surface area is 173 Å². The van der Waals surface area contributed by atoms with Crippen LogP contribution in [0.3, 0.4) is 0 Å². The first kappa shape index (κ1) is 26.9. The fourth-order valence-corrected chi connectivity index (χ4v) is 20.5. The van der Waals surface area contributed by atoms with Gasteiger partial charge in [0.25, 0.3) is 0 Å². The van der Waals surface area contributed by atoms with E-state index in [1.807, 2.05) is 13.8 Å². The highest BCUT2D eigenvalue weighted by molar-refractivity contribution is 9.35. The predicted octanol–water partition coefficient (Wildman–Crippen LogP) is 4.70. The van der Waals surface area contributed by atoms with Gasteiger partial charge in [0, 0.05) is 41.7 Å². The third-order valence-corrected chi connectivity index (χ3v) is 21.2. The van der Waals surface area contributed by atoms with Crippen LogP contribution < -0.4 is 0 Å². The van der Waals surface area contributed by atoms with Crippen LogP contribution in [0.2, 0.25) is 0 Å². The summed E-state index contributed by atoms with van der Waals surface area (Å²) in [5.74, 6) is 0. The van der Waals surface area contributed by atoms with Gasteiger partial charge >= 0.3 is 17.6 Å². The lowest BCUT2D eigenvalue weighted by Crippen LogP contribution is -2.52. The zero-order valence-corrected chi connectivity index (χ0v) is 22.1. The molecule has 0 spiro atoms. The molecule has 0 amide bonds. The van der Waals surface area contributed by atoms with Crippen molar-refractivity contribution in [3.63, 3.8) is 0 Å². The largest absolute Gasteiger partial charge is 0.514 e. The van der Waals surface area contributed by atoms with E-state index in [0.29, 0.717) is 13.2 Å². The molecule has 0 rings (SSSR count). The van der Waals surface area contributed by atoms with E-state index in [2.05, 4.69) is 13.8 Å². The van der Waals surface area contributed by atoms with Crippen LogP contribution in [0.25, 0.3) is 0 Å². The maximum absolute atomic E-state index is 5.78. The average molecular weight is 487 g/mol. The lowest BCUT2D eigenvalue weighted by Gasteiger charge is -2.30. The van der Waals surface area contributed by atoms with Crippen molar-refractivity contribution in [1.29, 1.82) is 0 Å². The monoisotopic (exact) mass is 486 g/mol. The minimum atomic E-state index is -2.62. The van der Waals surface area contributed by atoms with Crippen molar-refractivity contribution < 1.29 is 26.6 Å². The second-order valence-corrected chi connectivity index (χ2v) is 20.0. The first-order valence-electron chi connectivity index (χ1n) is 7.72. The third kappa shape index (κ3) is 8.45. The maximum atomic E-state index is 5.78. The van der Waals surface area contributed by atoms with Gasteiger partial charge in [-0.15, -0.1) is 0 Å². The molecule has 0 aromatic rings. The molecule has 0 radical (unpaired) electrons. The van der Waals surface area contributed by atoms with Crippen molar-refractivity contribution >= 4 is 68.7 Å². The summed E-state index contributed by atoms with van der Waals surface area (Å²) in [5, 5.41) is 0. The normalized spacial score (nSPS) is 15.4. The number of hydrogen-bond acceptors (Lipinski definition) is 11. The Hall–Kier alpha value is 1.94. The molecule has 0 saturated carbocycles. The maximum Gasteiger partial charge on any atom is 0.514 e. The van der Waals surface area contributed by atoms with Crippen LogP contribution in [0.5, 0.6) is 0 Å². The lowest BCUT2D eigenvalue weighted by molar-refractivity contribution is 0.103.